The van der Waals surface area contributed by atoms with Gasteiger partial charge in [0.15, 0.2) is 5.54 Å². The van der Waals surface area contributed by atoms with Crippen molar-refractivity contribution in [2.75, 3.05) is 6.61 Å². The van der Waals surface area contributed by atoms with Crippen molar-refractivity contribution >= 4 is 11.9 Å². The molecule has 0 radical (unpaired) electrons. The molecule has 1 aliphatic heterocycles. The Morgan fingerprint density at radius 2 is 2.00 bits per heavy atom. The topological polar surface area (TPSA) is 75.6 Å². The average Bonchev–Trinajstić information content (AvgIpc) is 2.85. The zero-order valence-electron chi connectivity index (χ0n) is 11.6. The van der Waals surface area contributed by atoms with Gasteiger partial charge in [-0.25, -0.2) is 4.79 Å². The van der Waals surface area contributed by atoms with Gasteiger partial charge in [0, 0.05) is 6.61 Å². The zero-order valence-corrected chi connectivity index (χ0v) is 11.6. The van der Waals surface area contributed by atoms with Crippen molar-refractivity contribution in [1.82, 2.24) is 5.32 Å². The molecule has 1 heterocycles. The molecule has 3 unspecified atom stereocenters. The third kappa shape index (κ3) is 2.67. The highest BCUT2D eigenvalue weighted by molar-refractivity contribution is 5.90. The average molecular weight is 277 g/mol. The predicted molar refractivity (Wildman–Crippen MR) is 73.1 cm³/mol. The molecule has 3 atom stereocenters. The van der Waals surface area contributed by atoms with E-state index in [0.717, 1.165) is 6.42 Å². The normalized spacial score (nSPS) is 24.9. The number of hydrogen-bond donors (Lipinski definition) is 2. The van der Waals surface area contributed by atoms with E-state index in [9.17, 15) is 14.7 Å². The van der Waals surface area contributed by atoms with E-state index in [0.29, 0.717) is 12.2 Å². The van der Waals surface area contributed by atoms with Gasteiger partial charge in [-0.2, -0.15) is 0 Å². The molecule has 0 aromatic heterocycles. The number of rotatable bonds is 4. The van der Waals surface area contributed by atoms with E-state index in [1.807, 2.05) is 6.92 Å². The number of carboxylic acids is 1. The molecule has 5 nitrogen and oxygen atoms in total. The first-order valence-electron chi connectivity index (χ1n) is 6.67. The molecule has 1 aliphatic rings. The third-order valence-electron chi connectivity index (χ3n) is 3.80. The van der Waals surface area contributed by atoms with Crippen molar-refractivity contribution in [3.63, 3.8) is 0 Å². The van der Waals surface area contributed by atoms with Gasteiger partial charge in [0.25, 0.3) is 5.91 Å². The summed E-state index contributed by atoms with van der Waals surface area (Å²) in [5.41, 5.74) is -0.921. The van der Waals surface area contributed by atoms with Gasteiger partial charge in [-0.1, -0.05) is 37.3 Å². The van der Waals surface area contributed by atoms with Crippen LogP contribution >= 0.6 is 0 Å². The first kappa shape index (κ1) is 14.5. The van der Waals surface area contributed by atoms with Gasteiger partial charge in [-0.3, -0.25) is 4.79 Å². The standard InChI is InChI=1S/C15H19NO4/c1-10-8-9-20-12(10)13(17)16-15(2,14(18)19)11-6-4-3-5-7-11/h3-7,10,12H,8-9H2,1-2H3,(H,16,17)(H,18,19). The van der Waals surface area contributed by atoms with Crippen LogP contribution in [-0.2, 0) is 19.9 Å². The molecule has 1 aromatic carbocycles. The van der Waals surface area contributed by atoms with Gasteiger partial charge in [0.1, 0.15) is 6.10 Å². The smallest absolute Gasteiger partial charge is 0.333 e. The summed E-state index contributed by atoms with van der Waals surface area (Å²) in [6, 6.07) is 8.67. The lowest BCUT2D eigenvalue weighted by molar-refractivity contribution is -0.149. The van der Waals surface area contributed by atoms with Crippen LogP contribution in [0, 0.1) is 5.92 Å². The van der Waals surface area contributed by atoms with Crippen LogP contribution in [0.2, 0.25) is 0 Å². The van der Waals surface area contributed by atoms with E-state index in [-0.39, 0.29) is 11.8 Å². The lowest BCUT2D eigenvalue weighted by atomic mass is 9.91. The molecule has 2 rings (SSSR count). The molecule has 1 aromatic rings. The summed E-state index contributed by atoms with van der Waals surface area (Å²) in [5, 5.41) is 12.1. The van der Waals surface area contributed by atoms with Gasteiger partial charge in [0.2, 0.25) is 0 Å². The van der Waals surface area contributed by atoms with Crippen molar-refractivity contribution in [3.05, 3.63) is 35.9 Å². The quantitative estimate of drug-likeness (QED) is 0.875. The van der Waals surface area contributed by atoms with E-state index in [2.05, 4.69) is 5.32 Å². The summed E-state index contributed by atoms with van der Waals surface area (Å²) in [7, 11) is 0. The highest BCUT2D eigenvalue weighted by atomic mass is 16.5. The highest BCUT2D eigenvalue weighted by Gasteiger charge is 2.40. The number of aliphatic carboxylic acids is 1. The van der Waals surface area contributed by atoms with Gasteiger partial charge < -0.3 is 15.2 Å². The number of carbonyl (C=O) groups excluding carboxylic acids is 1. The predicted octanol–water partition coefficient (Wildman–Crippen LogP) is 1.53. The fourth-order valence-corrected chi connectivity index (χ4v) is 2.37. The zero-order chi connectivity index (χ0) is 14.8. The Kier molecular flexibility index (Phi) is 4.09. The molecule has 20 heavy (non-hydrogen) atoms. The third-order valence-corrected chi connectivity index (χ3v) is 3.80. The Morgan fingerprint density at radius 1 is 1.35 bits per heavy atom. The monoisotopic (exact) mass is 277 g/mol. The van der Waals surface area contributed by atoms with Crippen molar-refractivity contribution in [1.29, 1.82) is 0 Å². The number of amides is 1. The fourth-order valence-electron chi connectivity index (χ4n) is 2.37. The minimum atomic E-state index is -1.45. The van der Waals surface area contributed by atoms with Crippen LogP contribution in [0.15, 0.2) is 30.3 Å². The number of carbonyl (C=O) groups is 2. The van der Waals surface area contributed by atoms with Gasteiger partial charge in [0.05, 0.1) is 0 Å². The van der Waals surface area contributed by atoms with Crippen molar-refractivity contribution in [3.8, 4) is 0 Å². The lowest BCUT2D eigenvalue weighted by Crippen LogP contribution is -2.53. The number of benzene rings is 1. The van der Waals surface area contributed by atoms with Crippen molar-refractivity contribution < 1.29 is 19.4 Å². The molecule has 108 valence electrons. The van der Waals surface area contributed by atoms with E-state index in [1.165, 1.54) is 6.92 Å². The summed E-state index contributed by atoms with van der Waals surface area (Å²) < 4.78 is 5.38. The largest absolute Gasteiger partial charge is 0.479 e. The molecule has 1 amide bonds. The Hall–Kier alpha value is -1.88. The highest BCUT2D eigenvalue weighted by Crippen LogP contribution is 2.25. The first-order valence-corrected chi connectivity index (χ1v) is 6.67. The number of hydrogen-bond acceptors (Lipinski definition) is 3. The van der Waals surface area contributed by atoms with Crippen LogP contribution in [0.3, 0.4) is 0 Å². The molecule has 0 spiro atoms. The van der Waals surface area contributed by atoms with Crippen LogP contribution in [0.4, 0.5) is 0 Å². The molecule has 0 saturated carbocycles. The summed E-state index contributed by atoms with van der Waals surface area (Å²) in [5.74, 6) is -1.37. The van der Waals surface area contributed by atoms with Crippen molar-refractivity contribution in [2.24, 2.45) is 5.92 Å². The number of ether oxygens (including phenoxy) is 1. The van der Waals surface area contributed by atoms with Crippen LogP contribution in [0.5, 0.6) is 0 Å². The minimum Gasteiger partial charge on any atom is -0.479 e. The summed E-state index contributed by atoms with van der Waals surface area (Å²) in [6.45, 7) is 3.95. The summed E-state index contributed by atoms with van der Waals surface area (Å²) in [6.07, 6.45) is 0.241. The second kappa shape index (κ2) is 5.63. The molecule has 0 aliphatic carbocycles. The Labute approximate surface area is 117 Å². The van der Waals surface area contributed by atoms with E-state index in [1.54, 1.807) is 30.3 Å². The van der Waals surface area contributed by atoms with Crippen molar-refractivity contribution in [2.45, 2.75) is 31.9 Å². The molecule has 1 saturated heterocycles. The molecular weight excluding hydrogens is 258 g/mol. The summed E-state index contributed by atoms with van der Waals surface area (Å²) in [4.78, 5) is 23.8. The summed E-state index contributed by atoms with van der Waals surface area (Å²) >= 11 is 0. The number of carboxylic acid groups (broad SMARTS) is 1. The fraction of sp³-hybridized carbons (Fsp3) is 0.467. The lowest BCUT2D eigenvalue weighted by Gasteiger charge is -2.28. The van der Waals surface area contributed by atoms with E-state index < -0.39 is 17.6 Å². The van der Waals surface area contributed by atoms with Crippen LogP contribution in [0.25, 0.3) is 0 Å². The maximum Gasteiger partial charge on any atom is 0.333 e. The molecular formula is C15H19NO4. The Morgan fingerprint density at radius 3 is 2.50 bits per heavy atom. The number of nitrogens with one attached hydrogen (secondary N) is 1. The van der Waals surface area contributed by atoms with Gasteiger partial charge in [-0.05, 0) is 24.8 Å². The maximum absolute atomic E-state index is 12.2. The second-order valence-electron chi connectivity index (χ2n) is 5.34. The van der Waals surface area contributed by atoms with Crippen LogP contribution in [-0.4, -0.2) is 29.7 Å². The van der Waals surface area contributed by atoms with E-state index in [4.69, 9.17) is 4.74 Å². The van der Waals surface area contributed by atoms with E-state index >= 15 is 0 Å². The SMILES string of the molecule is CC1CCOC1C(=O)NC(C)(C(=O)O)c1ccccc1. The van der Waals surface area contributed by atoms with Gasteiger partial charge >= 0.3 is 5.97 Å². The Bertz CT molecular complexity index is 502. The molecule has 2 N–H and O–H groups in total. The molecule has 1 fully saturated rings. The Balaban J connectivity index is 2.22. The molecule has 0 bridgehead atoms. The minimum absolute atomic E-state index is 0.101. The van der Waals surface area contributed by atoms with Crippen LogP contribution in [0.1, 0.15) is 25.8 Å². The van der Waals surface area contributed by atoms with Crippen LogP contribution < -0.4 is 5.32 Å². The van der Waals surface area contributed by atoms with Gasteiger partial charge in [-0.15, -0.1) is 0 Å². The molecule has 5 heteroatoms. The maximum atomic E-state index is 12.2. The first-order chi connectivity index (χ1) is 9.45. The second-order valence-corrected chi connectivity index (χ2v) is 5.34.